The van der Waals surface area contributed by atoms with Gasteiger partial charge in [0.1, 0.15) is 12.2 Å². The van der Waals surface area contributed by atoms with E-state index >= 15 is 0 Å². The molecule has 0 bridgehead atoms. The highest BCUT2D eigenvalue weighted by Gasteiger charge is 2.04. The molecule has 2 rings (SSSR count). The number of rotatable bonds is 4. The molecule has 5 nitrogen and oxygen atoms in total. The van der Waals surface area contributed by atoms with Crippen LogP contribution in [0.15, 0.2) is 30.6 Å². The van der Waals surface area contributed by atoms with Crippen LogP contribution in [-0.4, -0.2) is 22.0 Å². The zero-order valence-electron chi connectivity index (χ0n) is 10.9. The predicted molar refractivity (Wildman–Crippen MR) is 72.4 cm³/mol. The number of aromatic nitrogens is 3. The predicted octanol–water partition coefficient (Wildman–Crippen LogP) is 2.21. The van der Waals surface area contributed by atoms with E-state index < -0.39 is 0 Å². The minimum absolute atomic E-state index is 0.599. The number of nitrogens with one attached hydrogen (secondary N) is 1. The summed E-state index contributed by atoms with van der Waals surface area (Å²) in [5.74, 6) is 1.30. The lowest BCUT2D eigenvalue weighted by molar-refractivity contribution is 0.908. The van der Waals surface area contributed by atoms with Crippen LogP contribution in [0.1, 0.15) is 18.3 Å². The smallest absolute Gasteiger partial charge is 0.247 e. The molecule has 5 heteroatoms. The van der Waals surface area contributed by atoms with E-state index in [1.165, 1.54) is 11.9 Å². The first-order valence-electron chi connectivity index (χ1n) is 5.94. The minimum Gasteiger partial charge on any atom is -0.296 e. The van der Waals surface area contributed by atoms with Crippen LogP contribution in [0.25, 0.3) is 0 Å². The molecule has 0 aliphatic carbocycles. The third-order valence-electron chi connectivity index (χ3n) is 2.64. The zero-order chi connectivity index (χ0) is 13.0. The Morgan fingerprint density at radius 1 is 1.17 bits per heavy atom. The molecule has 0 fully saturated rings. The van der Waals surface area contributed by atoms with Crippen molar-refractivity contribution in [2.45, 2.75) is 20.3 Å². The number of anilines is 2. The Labute approximate surface area is 107 Å². The molecular formula is C13H17N5. The summed E-state index contributed by atoms with van der Waals surface area (Å²) in [6, 6.07) is 8.30. The fraction of sp³-hybridized carbons (Fsp3) is 0.308. The first-order valence-corrected chi connectivity index (χ1v) is 5.94. The van der Waals surface area contributed by atoms with Gasteiger partial charge in [-0.1, -0.05) is 19.1 Å². The monoisotopic (exact) mass is 243 g/mol. The quantitative estimate of drug-likeness (QED) is 0.834. The summed E-state index contributed by atoms with van der Waals surface area (Å²) in [4.78, 5) is 12.3. The van der Waals surface area contributed by atoms with E-state index in [0.717, 1.165) is 12.1 Å². The normalized spacial score (nSPS) is 10.2. The minimum atomic E-state index is 0.599. The summed E-state index contributed by atoms with van der Waals surface area (Å²) in [5, 5.41) is 1.77. The van der Waals surface area contributed by atoms with Crippen LogP contribution in [-0.2, 0) is 6.42 Å². The molecule has 0 unspecified atom stereocenters. The van der Waals surface area contributed by atoms with Gasteiger partial charge in [0, 0.05) is 7.05 Å². The summed E-state index contributed by atoms with van der Waals surface area (Å²) >= 11 is 0. The Bertz CT molecular complexity index is 509. The van der Waals surface area contributed by atoms with Gasteiger partial charge in [0.25, 0.3) is 0 Å². The van der Waals surface area contributed by atoms with Crippen molar-refractivity contribution < 1.29 is 0 Å². The number of hydrogen-bond acceptors (Lipinski definition) is 5. The van der Waals surface area contributed by atoms with Crippen molar-refractivity contribution in [1.82, 2.24) is 15.0 Å². The maximum atomic E-state index is 4.24. The van der Waals surface area contributed by atoms with Gasteiger partial charge in [0.2, 0.25) is 5.95 Å². The van der Waals surface area contributed by atoms with E-state index in [4.69, 9.17) is 0 Å². The van der Waals surface area contributed by atoms with Gasteiger partial charge in [0.15, 0.2) is 0 Å². The Morgan fingerprint density at radius 3 is 2.50 bits per heavy atom. The maximum Gasteiger partial charge on any atom is 0.247 e. The van der Waals surface area contributed by atoms with Gasteiger partial charge >= 0.3 is 0 Å². The van der Waals surface area contributed by atoms with Gasteiger partial charge in [-0.3, -0.25) is 10.4 Å². The Balaban J connectivity index is 2.08. The van der Waals surface area contributed by atoms with E-state index in [2.05, 4.69) is 39.4 Å². The van der Waals surface area contributed by atoms with Crippen LogP contribution in [0.3, 0.4) is 0 Å². The van der Waals surface area contributed by atoms with Crippen LogP contribution in [0.4, 0.5) is 11.6 Å². The first-order chi connectivity index (χ1) is 8.69. The molecule has 0 atom stereocenters. The van der Waals surface area contributed by atoms with E-state index in [9.17, 15) is 0 Å². The lowest BCUT2D eigenvalue weighted by Crippen LogP contribution is -2.27. The fourth-order valence-electron chi connectivity index (χ4n) is 1.59. The molecule has 18 heavy (non-hydrogen) atoms. The number of hydrazine groups is 1. The van der Waals surface area contributed by atoms with Crippen molar-refractivity contribution in [3.05, 3.63) is 42.0 Å². The molecule has 1 aromatic carbocycles. The molecule has 0 saturated heterocycles. The second kappa shape index (κ2) is 5.44. The molecule has 94 valence electrons. The largest absolute Gasteiger partial charge is 0.296 e. The molecule has 0 amide bonds. The Morgan fingerprint density at radius 2 is 1.89 bits per heavy atom. The lowest BCUT2D eigenvalue weighted by Gasteiger charge is -2.19. The van der Waals surface area contributed by atoms with Crippen molar-refractivity contribution in [3.8, 4) is 0 Å². The van der Waals surface area contributed by atoms with E-state index in [1.54, 1.807) is 5.01 Å². The average molecular weight is 243 g/mol. The van der Waals surface area contributed by atoms with Crippen molar-refractivity contribution in [1.29, 1.82) is 0 Å². The summed E-state index contributed by atoms with van der Waals surface area (Å²) < 4.78 is 0. The molecule has 0 saturated carbocycles. The molecule has 0 aliphatic rings. The number of aryl methyl sites for hydroxylation is 2. The van der Waals surface area contributed by atoms with Crippen LogP contribution < -0.4 is 10.4 Å². The van der Waals surface area contributed by atoms with Gasteiger partial charge in [-0.25, -0.2) is 4.98 Å². The zero-order valence-corrected chi connectivity index (χ0v) is 10.9. The molecule has 0 radical (unpaired) electrons. The maximum absolute atomic E-state index is 4.24. The number of hydrogen-bond donors (Lipinski definition) is 1. The van der Waals surface area contributed by atoms with Crippen LogP contribution in [0.5, 0.6) is 0 Å². The Hall–Kier alpha value is -2.17. The van der Waals surface area contributed by atoms with Gasteiger partial charge in [-0.15, -0.1) is 0 Å². The molecule has 0 spiro atoms. The molecule has 2 aromatic rings. The van der Waals surface area contributed by atoms with Gasteiger partial charge in [-0.05, 0) is 31.0 Å². The number of nitrogens with zero attached hydrogens (tertiary/aromatic N) is 4. The highest BCUT2D eigenvalue weighted by Crippen LogP contribution is 2.12. The SMILES string of the molecule is CCc1ccc(NN(C)c2ncnc(C)n2)cc1. The summed E-state index contributed by atoms with van der Waals surface area (Å²) in [6.45, 7) is 3.98. The molecule has 1 aromatic heterocycles. The highest BCUT2D eigenvalue weighted by atomic mass is 15.5. The molecule has 1 heterocycles. The highest BCUT2D eigenvalue weighted by molar-refractivity contribution is 5.49. The van der Waals surface area contributed by atoms with Crippen molar-refractivity contribution in [2.24, 2.45) is 0 Å². The van der Waals surface area contributed by atoms with Crippen LogP contribution >= 0.6 is 0 Å². The second-order valence-electron chi connectivity index (χ2n) is 4.05. The number of benzene rings is 1. The third kappa shape index (κ3) is 2.94. The van der Waals surface area contributed by atoms with Gasteiger partial charge < -0.3 is 0 Å². The van der Waals surface area contributed by atoms with Crippen LogP contribution in [0.2, 0.25) is 0 Å². The van der Waals surface area contributed by atoms with Crippen molar-refractivity contribution in [3.63, 3.8) is 0 Å². The average Bonchev–Trinajstić information content (AvgIpc) is 2.39. The topological polar surface area (TPSA) is 53.9 Å². The van der Waals surface area contributed by atoms with Crippen molar-refractivity contribution in [2.75, 3.05) is 17.5 Å². The van der Waals surface area contributed by atoms with Gasteiger partial charge in [-0.2, -0.15) is 9.97 Å². The standard InChI is InChI=1S/C13H17N5/c1-4-11-5-7-12(8-6-11)17-18(3)13-15-9-14-10(2)16-13/h5-9,17H,4H2,1-3H3. The fourth-order valence-corrected chi connectivity index (χ4v) is 1.59. The van der Waals surface area contributed by atoms with Crippen LogP contribution in [0, 0.1) is 6.92 Å². The van der Waals surface area contributed by atoms with Gasteiger partial charge in [0.05, 0.1) is 5.69 Å². The Kier molecular flexibility index (Phi) is 3.72. The molecule has 0 aliphatic heterocycles. The first kappa shape index (κ1) is 12.3. The summed E-state index contributed by atoms with van der Waals surface area (Å²) in [5.41, 5.74) is 5.54. The van der Waals surface area contributed by atoms with E-state index in [1.807, 2.05) is 26.1 Å². The second-order valence-corrected chi connectivity index (χ2v) is 4.05. The summed E-state index contributed by atoms with van der Waals surface area (Å²) in [7, 11) is 1.88. The third-order valence-corrected chi connectivity index (χ3v) is 2.64. The lowest BCUT2D eigenvalue weighted by atomic mass is 10.2. The summed E-state index contributed by atoms with van der Waals surface area (Å²) in [6.07, 6.45) is 2.55. The van der Waals surface area contributed by atoms with E-state index in [0.29, 0.717) is 11.8 Å². The molecule has 1 N–H and O–H groups in total. The van der Waals surface area contributed by atoms with Crippen molar-refractivity contribution >= 4 is 11.6 Å². The van der Waals surface area contributed by atoms with E-state index in [-0.39, 0.29) is 0 Å². The molecular weight excluding hydrogens is 226 g/mol.